The van der Waals surface area contributed by atoms with Gasteiger partial charge in [-0.1, -0.05) is 5.16 Å². The molecule has 0 bridgehead atoms. The first-order chi connectivity index (χ1) is 9.08. The van der Waals surface area contributed by atoms with Crippen molar-refractivity contribution in [1.29, 1.82) is 0 Å². The molecule has 19 heavy (non-hydrogen) atoms. The summed E-state index contributed by atoms with van der Waals surface area (Å²) >= 11 is 0. The third-order valence-corrected chi connectivity index (χ3v) is 2.39. The van der Waals surface area contributed by atoms with Gasteiger partial charge >= 0.3 is 5.97 Å². The lowest BCUT2D eigenvalue weighted by atomic mass is 10.1. The summed E-state index contributed by atoms with van der Waals surface area (Å²) in [5.41, 5.74) is -0.0896. The van der Waals surface area contributed by atoms with Crippen LogP contribution in [-0.2, 0) is 6.54 Å². The van der Waals surface area contributed by atoms with Crippen molar-refractivity contribution in [3.8, 4) is 0 Å². The normalized spacial score (nSPS) is 10.1. The zero-order valence-corrected chi connectivity index (χ0v) is 9.57. The van der Waals surface area contributed by atoms with E-state index in [2.05, 4.69) is 10.5 Å². The summed E-state index contributed by atoms with van der Waals surface area (Å²) in [6.45, 7) is 0.182. The third-order valence-electron chi connectivity index (χ3n) is 2.39. The molecule has 0 unspecified atom stereocenters. The molecule has 2 aromatic rings. The lowest BCUT2D eigenvalue weighted by molar-refractivity contribution is -0.384. The number of carbonyl (C=O) groups is 1. The average molecular weight is 263 g/mol. The van der Waals surface area contributed by atoms with Gasteiger partial charge in [0.25, 0.3) is 5.69 Å². The number of aromatic carboxylic acids is 1. The molecule has 1 aromatic carbocycles. The number of nitro benzene ring substituents is 1. The Kier molecular flexibility index (Phi) is 3.42. The lowest BCUT2D eigenvalue weighted by Gasteiger charge is -2.07. The van der Waals surface area contributed by atoms with Gasteiger partial charge in [0.1, 0.15) is 0 Å². The highest BCUT2D eigenvalue weighted by molar-refractivity contribution is 5.94. The summed E-state index contributed by atoms with van der Waals surface area (Å²) in [5.74, 6) is -0.683. The summed E-state index contributed by atoms with van der Waals surface area (Å²) in [6.07, 6.45) is 1.45. The van der Waals surface area contributed by atoms with Crippen molar-refractivity contribution in [1.82, 2.24) is 5.16 Å². The predicted molar refractivity (Wildman–Crippen MR) is 63.9 cm³/mol. The van der Waals surface area contributed by atoms with Crippen LogP contribution < -0.4 is 5.32 Å². The molecular weight excluding hydrogens is 254 g/mol. The number of benzene rings is 1. The quantitative estimate of drug-likeness (QED) is 0.624. The molecule has 0 aliphatic carbocycles. The largest absolute Gasteiger partial charge is 0.478 e. The van der Waals surface area contributed by atoms with E-state index in [1.807, 2.05) is 0 Å². The standard InChI is InChI=1S/C11H9N3O5/c15-11(16)9-2-1-7(14(17)18)5-10(9)12-6-8-3-4-13-19-8/h1-5,12H,6H2,(H,15,16). The number of nitro groups is 1. The number of hydrogen-bond donors (Lipinski definition) is 2. The van der Waals surface area contributed by atoms with Crippen molar-refractivity contribution < 1.29 is 19.3 Å². The first-order valence-electron chi connectivity index (χ1n) is 5.23. The first-order valence-corrected chi connectivity index (χ1v) is 5.23. The summed E-state index contributed by atoms with van der Waals surface area (Å²) in [4.78, 5) is 21.1. The molecule has 2 rings (SSSR count). The molecule has 1 aromatic heterocycles. The maximum Gasteiger partial charge on any atom is 0.337 e. The third kappa shape index (κ3) is 2.86. The van der Waals surface area contributed by atoms with Crippen LogP contribution >= 0.6 is 0 Å². The summed E-state index contributed by atoms with van der Waals surface area (Å²) in [7, 11) is 0. The fraction of sp³-hybridized carbons (Fsp3) is 0.0909. The highest BCUT2D eigenvalue weighted by atomic mass is 16.6. The Morgan fingerprint density at radius 3 is 2.84 bits per heavy atom. The van der Waals surface area contributed by atoms with Crippen LogP contribution in [0.4, 0.5) is 11.4 Å². The Balaban J connectivity index is 2.27. The van der Waals surface area contributed by atoms with E-state index >= 15 is 0 Å². The smallest absolute Gasteiger partial charge is 0.337 e. The van der Waals surface area contributed by atoms with Gasteiger partial charge in [0.15, 0.2) is 5.76 Å². The molecular formula is C11H9N3O5. The lowest BCUT2D eigenvalue weighted by Crippen LogP contribution is -2.06. The molecule has 0 radical (unpaired) electrons. The van der Waals surface area contributed by atoms with E-state index in [-0.39, 0.29) is 23.5 Å². The van der Waals surface area contributed by atoms with E-state index in [1.165, 1.54) is 18.3 Å². The monoisotopic (exact) mass is 263 g/mol. The van der Waals surface area contributed by atoms with Crippen LogP contribution in [-0.4, -0.2) is 21.2 Å². The Hall–Kier alpha value is -2.90. The molecule has 0 fully saturated rings. The number of hydrogen-bond acceptors (Lipinski definition) is 6. The summed E-state index contributed by atoms with van der Waals surface area (Å²) in [6, 6.07) is 5.09. The van der Waals surface area contributed by atoms with Gasteiger partial charge in [0, 0.05) is 18.2 Å². The molecule has 8 nitrogen and oxygen atoms in total. The second-order valence-corrected chi connectivity index (χ2v) is 3.62. The highest BCUT2D eigenvalue weighted by Crippen LogP contribution is 2.23. The minimum absolute atomic E-state index is 0.0508. The van der Waals surface area contributed by atoms with Gasteiger partial charge < -0.3 is 14.9 Å². The molecule has 8 heteroatoms. The molecule has 0 saturated carbocycles. The number of nitrogens with zero attached hydrogens (tertiary/aromatic N) is 2. The predicted octanol–water partition coefficient (Wildman–Crippen LogP) is 1.89. The van der Waals surface area contributed by atoms with Crippen LogP contribution in [0.3, 0.4) is 0 Å². The molecule has 0 amide bonds. The van der Waals surface area contributed by atoms with Crippen LogP contribution in [0, 0.1) is 10.1 Å². The SMILES string of the molecule is O=C(O)c1ccc([N+](=O)[O-])cc1NCc1ccno1. The highest BCUT2D eigenvalue weighted by Gasteiger charge is 2.15. The van der Waals surface area contributed by atoms with Crippen LogP contribution in [0.2, 0.25) is 0 Å². The van der Waals surface area contributed by atoms with Gasteiger partial charge in [-0.15, -0.1) is 0 Å². The van der Waals surface area contributed by atoms with Crippen molar-refractivity contribution in [2.45, 2.75) is 6.54 Å². The van der Waals surface area contributed by atoms with Crippen molar-refractivity contribution in [2.24, 2.45) is 0 Å². The maximum atomic E-state index is 11.0. The van der Waals surface area contributed by atoms with E-state index in [4.69, 9.17) is 9.63 Å². The van der Waals surface area contributed by atoms with Gasteiger partial charge in [0.2, 0.25) is 0 Å². The number of carboxylic acids is 1. The Morgan fingerprint density at radius 2 is 2.26 bits per heavy atom. The fourth-order valence-electron chi connectivity index (χ4n) is 1.49. The Labute approximate surface area is 106 Å². The van der Waals surface area contributed by atoms with E-state index in [0.29, 0.717) is 5.76 Å². The average Bonchev–Trinajstić information content (AvgIpc) is 2.88. The molecule has 0 aliphatic rings. The second-order valence-electron chi connectivity index (χ2n) is 3.62. The number of carboxylic acid groups (broad SMARTS) is 1. The molecule has 0 aliphatic heterocycles. The number of non-ortho nitro benzene ring substituents is 1. The number of rotatable bonds is 5. The van der Waals surface area contributed by atoms with Gasteiger partial charge in [-0.25, -0.2) is 4.79 Å². The fourth-order valence-corrected chi connectivity index (χ4v) is 1.49. The Morgan fingerprint density at radius 1 is 1.47 bits per heavy atom. The number of anilines is 1. The van der Waals surface area contributed by atoms with E-state index in [1.54, 1.807) is 6.07 Å². The van der Waals surface area contributed by atoms with Crippen molar-refractivity contribution in [3.63, 3.8) is 0 Å². The molecule has 0 atom stereocenters. The Bertz CT molecular complexity index is 609. The molecule has 0 saturated heterocycles. The van der Waals surface area contributed by atoms with E-state index < -0.39 is 10.9 Å². The van der Waals surface area contributed by atoms with Gasteiger partial charge in [-0.2, -0.15) is 0 Å². The van der Waals surface area contributed by atoms with Crippen LogP contribution in [0.1, 0.15) is 16.1 Å². The minimum Gasteiger partial charge on any atom is -0.478 e. The van der Waals surface area contributed by atoms with Crippen molar-refractivity contribution in [3.05, 3.63) is 51.9 Å². The van der Waals surface area contributed by atoms with Gasteiger partial charge in [-0.3, -0.25) is 10.1 Å². The molecule has 2 N–H and O–H groups in total. The van der Waals surface area contributed by atoms with Crippen LogP contribution in [0.15, 0.2) is 35.0 Å². The van der Waals surface area contributed by atoms with Crippen LogP contribution in [0.5, 0.6) is 0 Å². The summed E-state index contributed by atoms with van der Waals surface area (Å²) in [5, 5.41) is 25.9. The maximum absolute atomic E-state index is 11.0. The molecule has 1 heterocycles. The first kappa shape index (κ1) is 12.6. The molecule has 0 spiro atoms. The van der Waals surface area contributed by atoms with Gasteiger partial charge in [-0.05, 0) is 6.07 Å². The topological polar surface area (TPSA) is 118 Å². The zero-order valence-electron chi connectivity index (χ0n) is 9.57. The van der Waals surface area contributed by atoms with Crippen molar-refractivity contribution >= 4 is 17.3 Å². The second kappa shape index (κ2) is 5.17. The minimum atomic E-state index is -1.17. The zero-order chi connectivity index (χ0) is 13.8. The van der Waals surface area contributed by atoms with Crippen molar-refractivity contribution in [2.75, 3.05) is 5.32 Å². The number of nitrogens with one attached hydrogen (secondary N) is 1. The van der Waals surface area contributed by atoms with E-state index in [9.17, 15) is 14.9 Å². The van der Waals surface area contributed by atoms with Crippen LogP contribution in [0.25, 0.3) is 0 Å². The van der Waals surface area contributed by atoms with E-state index in [0.717, 1.165) is 6.07 Å². The number of aromatic nitrogens is 1. The summed E-state index contributed by atoms with van der Waals surface area (Å²) < 4.78 is 4.84. The van der Waals surface area contributed by atoms with Gasteiger partial charge in [0.05, 0.1) is 28.9 Å². The molecule has 98 valence electrons.